The lowest BCUT2D eigenvalue weighted by Crippen LogP contribution is -2.53. The molecular weight excluding hydrogens is 440 g/mol. The number of piperidine rings is 1. The molecule has 0 saturated carbocycles. The summed E-state index contributed by atoms with van der Waals surface area (Å²) in [5.74, 6) is 1.28. The molecule has 7 nitrogen and oxygen atoms in total. The summed E-state index contributed by atoms with van der Waals surface area (Å²) in [6, 6.07) is 17.1. The molecule has 0 bridgehead atoms. The summed E-state index contributed by atoms with van der Waals surface area (Å²) in [5.41, 5.74) is 2.01. The van der Waals surface area contributed by atoms with E-state index in [1.807, 2.05) is 54.6 Å². The number of ether oxygens (including phenoxy) is 1. The summed E-state index contributed by atoms with van der Waals surface area (Å²) >= 11 is 1.55. The molecule has 1 heterocycles. The van der Waals surface area contributed by atoms with Gasteiger partial charge in [0.05, 0.1) is 17.9 Å². The van der Waals surface area contributed by atoms with Gasteiger partial charge in [0.2, 0.25) is 5.91 Å². The van der Waals surface area contributed by atoms with Crippen molar-refractivity contribution in [1.82, 2.24) is 10.2 Å². The molecule has 8 heteroatoms. The standard InChI is InChI=1S/C25H30N2O5S/c1-32-21-11-9-19(10-12-21)18-33-25(13-15-27(16-14-25)24(30)31)23(29)26-22(8-5-17-28)20-6-3-2-4-7-20/h2-4,6-7,9-12,17,22H,5,8,13-16,18H2,1H3,(H,26,29)(H,30,31)/t22-/m1/s1. The van der Waals surface area contributed by atoms with E-state index in [0.29, 0.717) is 44.5 Å². The molecule has 2 aromatic rings. The summed E-state index contributed by atoms with van der Waals surface area (Å²) in [7, 11) is 1.62. The number of hydrogen-bond acceptors (Lipinski definition) is 5. The molecule has 1 aliphatic heterocycles. The van der Waals surface area contributed by atoms with E-state index in [1.165, 1.54) is 4.90 Å². The average molecular weight is 471 g/mol. The predicted molar refractivity (Wildman–Crippen MR) is 128 cm³/mol. The molecule has 1 atom stereocenters. The number of thioether (sulfide) groups is 1. The molecule has 0 aromatic heterocycles. The fourth-order valence-electron chi connectivity index (χ4n) is 3.97. The minimum atomic E-state index is -0.961. The maximum absolute atomic E-state index is 13.7. The average Bonchev–Trinajstić information content (AvgIpc) is 2.86. The van der Waals surface area contributed by atoms with Gasteiger partial charge in [0.1, 0.15) is 12.0 Å². The van der Waals surface area contributed by atoms with E-state index >= 15 is 0 Å². The van der Waals surface area contributed by atoms with Gasteiger partial charge in [-0.1, -0.05) is 42.5 Å². The Morgan fingerprint density at radius 2 is 1.82 bits per heavy atom. The molecule has 1 fully saturated rings. The fraction of sp³-hybridized carbons (Fsp3) is 0.400. The topological polar surface area (TPSA) is 95.9 Å². The SMILES string of the molecule is COc1ccc(CSC2(C(=O)N[C@H](CCC=O)c3ccccc3)CCN(C(=O)O)CC2)cc1. The number of nitrogens with one attached hydrogen (secondary N) is 1. The predicted octanol–water partition coefficient (Wildman–Crippen LogP) is 4.28. The number of nitrogens with zero attached hydrogens (tertiary/aromatic N) is 1. The summed E-state index contributed by atoms with van der Waals surface area (Å²) in [4.78, 5) is 37.5. The highest BCUT2D eigenvalue weighted by molar-refractivity contribution is 8.00. The van der Waals surface area contributed by atoms with Gasteiger partial charge in [-0.2, -0.15) is 0 Å². The van der Waals surface area contributed by atoms with Crippen molar-refractivity contribution < 1.29 is 24.2 Å². The van der Waals surface area contributed by atoms with Crippen LogP contribution in [0, 0.1) is 0 Å². The molecule has 2 N–H and O–H groups in total. The Morgan fingerprint density at radius 3 is 2.39 bits per heavy atom. The van der Waals surface area contributed by atoms with Crippen LogP contribution in [-0.4, -0.2) is 53.2 Å². The first-order chi connectivity index (χ1) is 16.0. The number of carbonyl (C=O) groups is 3. The van der Waals surface area contributed by atoms with Gasteiger partial charge < -0.3 is 24.9 Å². The molecule has 176 valence electrons. The normalized spacial score (nSPS) is 16.0. The number of rotatable bonds is 10. The smallest absolute Gasteiger partial charge is 0.407 e. The molecular formula is C25H30N2O5S. The Hall–Kier alpha value is -3.00. The molecule has 33 heavy (non-hydrogen) atoms. The number of methoxy groups -OCH3 is 1. The Labute approximate surface area is 198 Å². The fourth-order valence-corrected chi connectivity index (χ4v) is 5.27. The summed E-state index contributed by atoms with van der Waals surface area (Å²) in [6.07, 6.45) is 1.62. The third kappa shape index (κ3) is 6.51. The number of hydrogen-bond donors (Lipinski definition) is 2. The second kappa shape index (κ2) is 11.7. The Balaban J connectivity index is 1.78. The van der Waals surface area contributed by atoms with Crippen molar-refractivity contribution in [3.05, 3.63) is 65.7 Å². The largest absolute Gasteiger partial charge is 0.497 e. The molecule has 2 amide bonds. The number of benzene rings is 2. The number of likely N-dealkylation sites (tertiary alicyclic amines) is 1. The van der Waals surface area contributed by atoms with Crippen molar-refractivity contribution in [2.24, 2.45) is 0 Å². The molecule has 1 saturated heterocycles. The van der Waals surface area contributed by atoms with Gasteiger partial charge in [-0.3, -0.25) is 4.79 Å². The van der Waals surface area contributed by atoms with Crippen LogP contribution in [0.3, 0.4) is 0 Å². The lowest BCUT2D eigenvalue weighted by atomic mass is 9.93. The molecule has 0 aliphatic carbocycles. The Morgan fingerprint density at radius 1 is 1.15 bits per heavy atom. The lowest BCUT2D eigenvalue weighted by molar-refractivity contribution is -0.125. The van der Waals surface area contributed by atoms with Crippen molar-refractivity contribution in [3.63, 3.8) is 0 Å². The quantitative estimate of drug-likeness (QED) is 0.503. The van der Waals surface area contributed by atoms with Crippen molar-refractivity contribution in [3.8, 4) is 5.75 Å². The molecule has 0 spiro atoms. The first-order valence-corrected chi connectivity index (χ1v) is 12.0. The van der Waals surface area contributed by atoms with Crippen LogP contribution >= 0.6 is 11.8 Å². The summed E-state index contributed by atoms with van der Waals surface area (Å²) in [5, 5.41) is 12.5. The minimum Gasteiger partial charge on any atom is -0.497 e. The van der Waals surface area contributed by atoms with Crippen LogP contribution in [0.15, 0.2) is 54.6 Å². The van der Waals surface area contributed by atoms with Crippen LogP contribution in [0.1, 0.15) is 42.9 Å². The Bertz CT molecular complexity index is 928. The zero-order chi connectivity index (χ0) is 23.7. The highest BCUT2D eigenvalue weighted by Crippen LogP contribution is 2.39. The maximum atomic E-state index is 13.7. The first kappa shape index (κ1) is 24.6. The van der Waals surface area contributed by atoms with Gasteiger partial charge in [0.15, 0.2) is 0 Å². The molecule has 1 aliphatic rings. The molecule has 0 radical (unpaired) electrons. The van der Waals surface area contributed by atoms with Crippen LogP contribution in [-0.2, 0) is 15.3 Å². The van der Waals surface area contributed by atoms with E-state index in [-0.39, 0.29) is 11.9 Å². The molecule has 0 unspecified atom stereocenters. The molecule has 2 aromatic carbocycles. The monoisotopic (exact) mass is 470 g/mol. The lowest BCUT2D eigenvalue weighted by Gasteiger charge is -2.40. The highest BCUT2D eigenvalue weighted by atomic mass is 32.2. The Kier molecular flexibility index (Phi) is 8.77. The summed E-state index contributed by atoms with van der Waals surface area (Å²) in [6.45, 7) is 0.616. The van der Waals surface area contributed by atoms with E-state index in [0.717, 1.165) is 23.2 Å². The van der Waals surface area contributed by atoms with Gasteiger partial charge in [-0.05, 0) is 42.5 Å². The van der Waals surface area contributed by atoms with Crippen molar-refractivity contribution in [2.45, 2.75) is 42.2 Å². The van der Waals surface area contributed by atoms with Crippen molar-refractivity contribution in [1.29, 1.82) is 0 Å². The zero-order valence-corrected chi connectivity index (χ0v) is 19.6. The van der Waals surface area contributed by atoms with Crippen molar-refractivity contribution >= 4 is 30.0 Å². The second-order valence-corrected chi connectivity index (χ2v) is 9.44. The van der Waals surface area contributed by atoms with E-state index in [9.17, 15) is 19.5 Å². The van der Waals surface area contributed by atoms with Gasteiger partial charge in [-0.15, -0.1) is 11.8 Å². The molecule has 3 rings (SSSR count). The number of amides is 2. The number of carbonyl (C=O) groups excluding carboxylic acids is 2. The number of carboxylic acid groups (broad SMARTS) is 1. The third-order valence-electron chi connectivity index (χ3n) is 6.01. The van der Waals surface area contributed by atoms with Crippen LogP contribution < -0.4 is 10.1 Å². The van der Waals surface area contributed by atoms with Gasteiger partial charge in [-0.25, -0.2) is 4.79 Å². The van der Waals surface area contributed by atoms with E-state index in [1.54, 1.807) is 18.9 Å². The van der Waals surface area contributed by atoms with Crippen molar-refractivity contribution in [2.75, 3.05) is 20.2 Å². The highest BCUT2D eigenvalue weighted by Gasteiger charge is 2.43. The van der Waals surface area contributed by atoms with Crippen LogP contribution in [0.5, 0.6) is 5.75 Å². The number of aldehydes is 1. The third-order valence-corrected chi connectivity index (χ3v) is 7.63. The van der Waals surface area contributed by atoms with Crippen LogP contribution in [0.25, 0.3) is 0 Å². The van der Waals surface area contributed by atoms with Gasteiger partial charge in [0.25, 0.3) is 0 Å². The first-order valence-electron chi connectivity index (χ1n) is 11.0. The minimum absolute atomic E-state index is 0.106. The van der Waals surface area contributed by atoms with E-state index < -0.39 is 10.8 Å². The van der Waals surface area contributed by atoms with Crippen LogP contribution in [0.4, 0.5) is 4.79 Å². The van der Waals surface area contributed by atoms with E-state index in [2.05, 4.69) is 5.32 Å². The maximum Gasteiger partial charge on any atom is 0.407 e. The zero-order valence-electron chi connectivity index (χ0n) is 18.7. The second-order valence-electron chi connectivity index (χ2n) is 8.08. The summed E-state index contributed by atoms with van der Waals surface area (Å²) < 4.78 is 4.47. The van der Waals surface area contributed by atoms with Crippen LogP contribution in [0.2, 0.25) is 0 Å². The van der Waals surface area contributed by atoms with Gasteiger partial charge >= 0.3 is 6.09 Å². The van der Waals surface area contributed by atoms with Gasteiger partial charge in [0, 0.05) is 25.3 Å². The van der Waals surface area contributed by atoms with E-state index in [4.69, 9.17) is 4.74 Å².